The zero-order chi connectivity index (χ0) is 18.4. The summed E-state index contributed by atoms with van der Waals surface area (Å²) in [5.41, 5.74) is 2.29. The van der Waals surface area contributed by atoms with Crippen LogP contribution in [-0.4, -0.2) is 52.8 Å². The molecule has 1 heterocycles. The highest BCUT2D eigenvalue weighted by molar-refractivity contribution is 6.68. The summed E-state index contributed by atoms with van der Waals surface area (Å²) in [4.78, 5) is 18.4. The number of aryl methyl sites for hydroxylation is 1. The third-order valence-electron chi connectivity index (χ3n) is 3.56. The fourth-order valence-corrected chi connectivity index (χ4v) is 2.26. The monoisotopic (exact) mass is 359 g/mol. The van der Waals surface area contributed by atoms with Crippen LogP contribution in [0.4, 0.5) is 0 Å². The van der Waals surface area contributed by atoms with Crippen LogP contribution in [-0.2, 0) is 0 Å². The minimum atomic E-state index is -0.0918. The van der Waals surface area contributed by atoms with Crippen LogP contribution in [0.3, 0.4) is 0 Å². The number of nitrogens with zero attached hydrogens (tertiary/aromatic N) is 4. The predicted molar refractivity (Wildman–Crippen MR) is 102 cm³/mol. The summed E-state index contributed by atoms with van der Waals surface area (Å²) in [5, 5.41) is 7.43. The van der Waals surface area contributed by atoms with Crippen LogP contribution in [0.2, 0.25) is 0 Å². The van der Waals surface area contributed by atoms with E-state index in [9.17, 15) is 4.79 Å². The number of likely N-dealkylation sites (N-methyl/N-ethyl adjacent to an activating group) is 1. The number of aromatic nitrogens is 2. The molecule has 0 fully saturated rings. The Bertz CT molecular complexity index is 777. The van der Waals surface area contributed by atoms with Gasteiger partial charge in [-0.25, -0.2) is 9.66 Å². The van der Waals surface area contributed by atoms with Crippen LogP contribution < -0.4 is 5.32 Å². The molecule has 1 aromatic carbocycles. The van der Waals surface area contributed by atoms with Gasteiger partial charge < -0.3 is 10.2 Å². The topological polar surface area (TPSA) is 62.5 Å². The second-order valence-corrected chi connectivity index (χ2v) is 6.15. The first-order chi connectivity index (χ1) is 11.9. The predicted octanol–water partition coefficient (Wildman–Crippen LogP) is 2.74. The molecule has 2 aromatic rings. The van der Waals surface area contributed by atoms with Crippen molar-refractivity contribution < 1.29 is 4.79 Å². The largest absolute Gasteiger partial charge is 0.351 e. The molecule has 0 saturated heterocycles. The lowest BCUT2D eigenvalue weighted by atomic mass is 10.1. The van der Waals surface area contributed by atoms with Gasteiger partial charge >= 0.3 is 0 Å². The highest BCUT2D eigenvalue weighted by Crippen LogP contribution is 2.21. The fourth-order valence-electron chi connectivity index (χ4n) is 2.19. The summed E-state index contributed by atoms with van der Waals surface area (Å²) in [7, 11) is 3.93. The molecule has 25 heavy (non-hydrogen) atoms. The van der Waals surface area contributed by atoms with Gasteiger partial charge in [-0.2, -0.15) is 5.10 Å². The van der Waals surface area contributed by atoms with E-state index in [1.54, 1.807) is 23.0 Å². The Labute approximate surface area is 152 Å². The lowest BCUT2D eigenvalue weighted by Crippen LogP contribution is -2.31. The van der Waals surface area contributed by atoms with Crippen molar-refractivity contribution in [1.82, 2.24) is 19.9 Å². The molecule has 0 bridgehead atoms. The average molecular weight is 360 g/mol. The van der Waals surface area contributed by atoms with Crippen molar-refractivity contribution in [3.63, 3.8) is 0 Å². The number of carbonyl (C=O) groups is 1. The summed E-state index contributed by atoms with van der Waals surface area (Å²) >= 11 is 5.95. The number of hydrogen-bond donors (Lipinski definition) is 1. The number of carbonyl (C=O) groups excluding carboxylic acids is 1. The first kappa shape index (κ1) is 18.9. The van der Waals surface area contributed by atoms with Crippen molar-refractivity contribution in [1.29, 1.82) is 0 Å². The molecular weight excluding hydrogens is 338 g/mol. The lowest BCUT2D eigenvalue weighted by Gasteiger charge is -2.10. The smallest absolute Gasteiger partial charge is 0.251 e. The maximum atomic E-state index is 12.1. The Morgan fingerprint density at radius 3 is 2.68 bits per heavy atom. The van der Waals surface area contributed by atoms with Crippen molar-refractivity contribution in [3.8, 4) is 11.3 Å². The van der Waals surface area contributed by atoms with E-state index in [0.717, 1.165) is 17.8 Å². The molecule has 0 aliphatic heterocycles. The Balaban J connectivity index is 2.18. The van der Waals surface area contributed by atoms with Crippen molar-refractivity contribution in [2.75, 3.05) is 27.2 Å². The molecule has 1 amide bonds. The van der Waals surface area contributed by atoms with Crippen LogP contribution in [0, 0.1) is 6.92 Å². The van der Waals surface area contributed by atoms with E-state index in [1.807, 2.05) is 38.1 Å². The lowest BCUT2D eigenvalue weighted by molar-refractivity contribution is 0.0951. The van der Waals surface area contributed by atoms with E-state index in [1.165, 1.54) is 6.08 Å². The van der Waals surface area contributed by atoms with Crippen LogP contribution in [0.1, 0.15) is 16.2 Å². The van der Waals surface area contributed by atoms with Crippen LogP contribution in [0.25, 0.3) is 11.3 Å². The molecule has 2 rings (SSSR count). The van der Waals surface area contributed by atoms with Gasteiger partial charge in [0.1, 0.15) is 11.0 Å². The molecule has 0 atom stereocenters. The zero-order valence-electron chi connectivity index (χ0n) is 14.7. The summed E-state index contributed by atoms with van der Waals surface area (Å²) in [6, 6.07) is 7.30. The number of rotatable bonds is 7. The van der Waals surface area contributed by atoms with Gasteiger partial charge in [-0.3, -0.25) is 4.79 Å². The van der Waals surface area contributed by atoms with E-state index in [4.69, 9.17) is 11.6 Å². The van der Waals surface area contributed by atoms with Gasteiger partial charge in [0.25, 0.3) is 5.91 Å². The van der Waals surface area contributed by atoms with Crippen LogP contribution in [0.15, 0.2) is 48.2 Å². The summed E-state index contributed by atoms with van der Waals surface area (Å²) in [6.07, 6.45) is 3.18. The number of nitrogens with one attached hydrogen (secondary N) is 1. The maximum absolute atomic E-state index is 12.1. The molecule has 0 aliphatic rings. The summed E-state index contributed by atoms with van der Waals surface area (Å²) in [6.45, 7) is 6.84. The molecule has 6 nitrogen and oxygen atoms in total. The standard InChI is InChI=1S/C18H22ClN5O/c1-5-17(19)22-24-13(2)21-12-16(24)14-6-8-15(9-7-14)18(25)20-10-11-23(3)4/h5-9,12H,1,10-11H2,2-4H3,(H,20,25)/b22-17+. The number of benzene rings is 1. The molecule has 0 spiro atoms. The number of imidazole rings is 1. The van der Waals surface area contributed by atoms with Crippen molar-refractivity contribution in [2.24, 2.45) is 5.10 Å². The quantitative estimate of drug-likeness (QED) is 0.773. The van der Waals surface area contributed by atoms with E-state index in [-0.39, 0.29) is 11.1 Å². The normalized spacial score (nSPS) is 11.6. The summed E-state index contributed by atoms with van der Waals surface area (Å²) in [5.74, 6) is 0.617. The molecule has 0 saturated carbocycles. The second kappa shape index (κ2) is 8.60. The number of amides is 1. The number of halogens is 1. The van der Waals surface area contributed by atoms with Gasteiger partial charge in [-0.15, -0.1) is 0 Å². The van der Waals surface area contributed by atoms with Crippen molar-refractivity contribution in [3.05, 3.63) is 54.5 Å². The number of hydrogen-bond acceptors (Lipinski definition) is 4. The third kappa shape index (κ3) is 5.01. The first-order valence-electron chi connectivity index (χ1n) is 7.87. The van der Waals surface area contributed by atoms with Gasteiger partial charge in [-0.1, -0.05) is 30.3 Å². The van der Waals surface area contributed by atoms with Crippen molar-refractivity contribution >= 4 is 22.7 Å². The van der Waals surface area contributed by atoms with Gasteiger partial charge in [0.15, 0.2) is 0 Å². The van der Waals surface area contributed by atoms with Crippen LogP contribution in [0.5, 0.6) is 0 Å². The Morgan fingerprint density at radius 2 is 2.08 bits per heavy atom. The van der Waals surface area contributed by atoms with Gasteiger partial charge in [0.05, 0.1) is 11.9 Å². The van der Waals surface area contributed by atoms with E-state index in [2.05, 4.69) is 22.0 Å². The van der Waals surface area contributed by atoms with E-state index >= 15 is 0 Å². The molecular formula is C18H22ClN5O. The molecule has 7 heteroatoms. The van der Waals surface area contributed by atoms with Crippen molar-refractivity contribution in [2.45, 2.75) is 6.92 Å². The first-order valence-corrected chi connectivity index (χ1v) is 8.24. The molecule has 1 N–H and O–H groups in total. The zero-order valence-corrected chi connectivity index (χ0v) is 15.4. The van der Waals surface area contributed by atoms with Gasteiger partial charge in [0.2, 0.25) is 0 Å². The second-order valence-electron chi connectivity index (χ2n) is 5.77. The van der Waals surface area contributed by atoms with Crippen LogP contribution >= 0.6 is 11.6 Å². The maximum Gasteiger partial charge on any atom is 0.251 e. The molecule has 0 unspecified atom stereocenters. The van der Waals surface area contributed by atoms with E-state index < -0.39 is 0 Å². The minimum absolute atomic E-state index is 0.0918. The summed E-state index contributed by atoms with van der Waals surface area (Å²) < 4.78 is 1.65. The Hall–Kier alpha value is -2.44. The molecule has 0 aliphatic carbocycles. The Kier molecular flexibility index (Phi) is 6.50. The van der Waals surface area contributed by atoms with E-state index in [0.29, 0.717) is 17.9 Å². The average Bonchev–Trinajstić information content (AvgIpc) is 2.95. The number of allylic oxidation sites excluding steroid dienone is 1. The molecule has 0 radical (unpaired) electrons. The SMILES string of the molecule is C=C/C(Cl)=N\n1c(-c2ccc(C(=O)NCCN(C)C)cc2)cnc1C. The van der Waals surface area contributed by atoms with Gasteiger partial charge in [0, 0.05) is 24.2 Å². The fraction of sp³-hybridized carbons (Fsp3) is 0.278. The minimum Gasteiger partial charge on any atom is -0.351 e. The third-order valence-corrected chi connectivity index (χ3v) is 3.79. The molecule has 1 aromatic heterocycles. The highest BCUT2D eigenvalue weighted by atomic mass is 35.5. The van der Waals surface area contributed by atoms with Gasteiger partial charge in [-0.05, 0) is 39.2 Å². The highest BCUT2D eigenvalue weighted by Gasteiger charge is 2.11. The Morgan fingerprint density at radius 1 is 1.40 bits per heavy atom. The molecule has 132 valence electrons.